The summed E-state index contributed by atoms with van der Waals surface area (Å²) in [6.07, 6.45) is 75.8. The van der Waals surface area contributed by atoms with E-state index in [1.54, 1.807) is 0 Å². The number of rotatable bonds is 58. The van der Waals surface area contributed by atoms with Crippen LogP contribution in [0.15, 0.2) is 85.1 Å². The largest absolute Gasteiger partial charge is 0.472 e. The molecule has 0 aromatic rings. The SMILES string of the molecule is CC/C=C\C/C=C\C/C=C\C/C=C\C/C=C\CCCCCCCCCCCC(=O)OC(/C=C\CCCCCCCCCCCC)C(COP(=O)(O)OCC[N+](C)(C)C)NC(=O)CCCCCCCCC/C=C\CCCCCC. The molecule has 0 aromatic heterocycles. The lowest BCUT2D eigenvalue weighted by molar-refractivity contribution is -0.870. The van der Waals surface area contributed by atoms with E-state index in [2.05, 4.69) is 99.0 Å². The highest BCUT2D eigenvalue weighted by Gasteiger charge is 2.30. The molecule has 0 rings (SSSR count). The highest BCUT2D eigenvalue weighted by atomic mass is 31.2. The number of unbranched alkanes of at least 4 members (excludes halogenated alkanes) is 30. The molecule has 3 unspecified atom stereocenters. The molecule has 10 heteroatoms. The highest BCUT2D eigenvalue weighted by molar-refractivity contribution is 7.47. The quantitative estimate of drug-likeness (QED) is 0.0205. The number of nitrogens with zero attached hydrogens (tertiary/aromatic N) is 1. The summed E-state index contributed by atoms with van der Waals surface area (Å²) in [5.74, 6) is -0.515. The van der Waals surface area contributed by atoms with Crippen molar-refractivity contribution in [3.05, 3.63) is 85.1 Å². The van der Waals surface area contributed by atoms with Gasteiger partial charge < -0.3 is 19.4 Å². The van der Waals surface area contributed by atoms with Gasteiger partial charge in [0.2, 0.25) is 5.91 Å². The molecule has 0 aliphatic carbocycles. The minimum absolute atomic E-state index is 0.0359. The van der Waals surface area contributed by atoms with Crippen molar-refractivity contribution in [2.75, 3.05) is 40.9 Å². The summed E-state index contributed by atoms with van der Waals surface area (Å²) in [6.45, 7) is 6.89. The summed E-state index contributed by atoms with van der Waals surface area (Å²) >= 11 is 0. The third-order valence-electron chi connectivity index (χ3n) is 14.1. The fourth-order valence-corrected chi connectivity index (χ4v) is 9.82. The van der Waals surface area contributed by atoms with Crippen molar-refractivity contribution in [2.24, 2.45) is 0 Å². The van der Waals surface area contributed by atoms with Gasteiger partial charge >= 0.3 is 13.8 Å². The van der Waals surface area contributed by atoms with Crippen LogP contribution in [0.5, 0.6) is 0 Å². The minimum Gasteiger partial charge on any atom is -0.456 e. The van der Waals surface area contributed by atoms with Crippen molar-refractivity contribution in [1.82, 2.24) is 5.32 Å². The van der Waals surface area contributed by atoms with Gasteiger partial charge in [-0.15, -0.1) is 0 Å². The predicted molar refractivity (Wildman–Crippen MR) is 337 cm³/mol. The summed E-state index contributed by atoms with van der Waals surface area (Å²) in [5.41, 5.74) is 0. The van der Waals surface area contributed by atoms with Crippen molar-refractivity contribution in [1.29, 1.82) is 0 Å². The number of ether oxygens (including phenoxy) is 1. The van der Waals surface area contributed by atoms with E-state index in [1.807, 2.05) is 33.3 Å². The first-order valence-electron chi connectivity index (χ1n) is 32.4. The molecule has 0 saturated carbocycles. The second kappa shape index (κ2) is 57.4. The van der Waals surface area contributed by atoms with E-state index in [0.29, 0.717) is 17.4 Å². The monoisotopic (exact) mass is 1110 g/mol. The Morgan fingerprint density at radius 2 is 0.821 bits per heavy atom. The Bertz CT molecular complexity index is 1610. The Labute approximate surface area is 482 Å². The lowest BCUT2D eigenvalue weighted by Crippen LogP contribution is -2.47. The van der Waals surface area contributed by atoms with Crippen LogP contribution in [-0.2, 0) is 27.9 Å². The minimum atomic E-state index is -4.45. The van der Waals surface area contributed by atoms with Gasteiger partial charge in [-0.3, -0.25) is 18.6 Å². The topological polar surface area (TPSA) is 111 Å². The highest BCUT2D eigenvalue weighted by Crippen LogP contribution is 2.43. The molecule has 0 aliphatic rings. The molecule has 0 spiro atoms. The molecule has 0 heterocycles. The fourth-order valence-electron chi connectivity index (χ4n) is 9.08. The number of hydrogen-bond donors (Lipinski definition) is 2. The molecular weight excluding hydrogens is 988 g/mol. The van der Waals surface area contributed by atoms with Gasteiger partial charge in [0.25, 0.3) is 0 Å². The third-order valence-corrected chi connectivity index (χ3v) is 15.1. The summed E-state index contributed by atoms with van der Waals surface area (Å²) < 4.78 is 30.7. The number of carbonyl (C=O) groups excluding carboxylic acids is 2. The first-order chi connectivity index (χ1) is 37.9. The Morgan fingerprint density at radius 3 is 1.26 bits per heavy atom. The maximum Gasteiger partial charge on any atom is 0.472 e. The maximum absolute atomic E-state index is 13.5. The number of likely N-dealkylation sites (N-methyl/N-ethyl adjacent to an activating group) is 1. The molecule has 9 nitrogen and oxygen atoms in total. The zero-order valence-corrected chi connectivity index (χ0v) is 52.5. The predicted octanol–water partition coefficient (Wildman–Crippen LogP) is 20.2. The van der Waals surface area contributed by atoms with Crippen LogP contribution >= 0.6 is 7.82 Å². The first kappa shape index (κ1) is 75.2. The smallest absolute Gasteiger partial charge is 0.456 e. The molecule has 0 aromatic carbocycles. The maximum atomic E-state index is 13.5. The van der Waals surface area contributed by atoms with Gasteiger partial charge in [-0.1, -0.05) is 254 Å². The van der Waals surface area contributed by atoms with Crippen molar-refractivity contribution < 1.29 is 37.3 Å². The van der Waals surface area contributed by atoms with Gasteiger partial charge in [-0.2, -0.15) is 0 Å². The van der Waals surface area contributed by atoms with Crippen molar-refractivity contribution in [2.45, 2.75) is 296 Å². The molecule has 452 valence electrons. The van der Waals surface area contributed by atoms with E-state index in [0.717, 1.165) is 116 Å². The van der Waals surface area contributed by atoms with Crippen LogP contribution in [0.1, 0.15) is 284 Å². The number of carbonyl (C=O) groups is 2. The Hall–Kier alpha value is -2.81. The molecule has 78 heavy (non-hydrogen) atoms. The van der Waals surface area contributed by atoms with Gasteiger partial charge in [0.15, 0.2) is 0 Å². The van der Waals surface area contributed by atoms with Gasteiger partial charge in [0.1, 0.15) is 19.3 Å². The molecule has 1 amide bonds. The lowest BCUT2D eigenvalue weighted by atomic mass is 10.0. The molecule has 0 bridgehead atoms. The second-order valence-corrected chi connectivity index (χ2v) is 24.4. The number of amides is 1. The van der Waals surface area contributed by atoms with Gasteiger partial charge in [-0.25, -0.2) is 4.57 Å². The Balaban J connectivity index is 5.16. The molecular formula is C68H124N2O7P+. The average Bonchev–Trinajstić information content (AvgIpc) is 3.40. The van der Waals surface area contributed by atoms with E-state index in [9.17, 15) is 19.0 Å². The standard InChI is InChI=1S/C68H123N2O7P/c1-7-10-13-16-19-22-25-28-30-31-32-33-34-35-36-37-38-39-41-43-46-49-52-55-58-61-68(72)77-66(59-56-53-50-47-44-27-24-21-18-15-12-9-3)65(64-76-78(73,74)75-63-62-70(4,5)6)69-67(71)60-57-54-51-48-45-42-40-29-26-23-20-17-14-11-8-2/h10,13,19,22-23,26,28,30,32-33,35-36,56,59,65-66H,7-9,11-12,14-18,20-21,24-25,27,29,31,34,37-55,57-58,60-64H2,1-6H3,(H-,69,71,73,74)/p+1/b13-10-,22-19-,26-23-,30-28-,33-32-,36-35-,59-56-. The van der Waals surface area contributed by atoms with Crippen LogP contribution in [0, 0.1) is 0 Å². The van der Waals surface area contributed by atoms with Gasteiger partial charge in [0, 0.05) is 12.8 Å². The summed E-state index contributed by atoms with van der Waals surface area (Å²) in [7, 11) is 1.49. The second-order valence-electron chi connectivity index (χ2n) is 22.9. The molecule has 0 aliphatic heterocycles. The van der Waals surface area contributed by atoms with Gasteiger partial charge in [-0.05, 0) is 102 Å². The summed E-state index contributed by atoms with van der Waals surface area (Å²) in [6, 6.07) is -0.856. The van der Waals surface area contributed by atoms with Crippen LogP contribution in [0.4, 0.5) is 0 Å². The van der Waals surface area contributed by atoms with Crippen LogP contribution < -0.4 is 5.32 Å². The van der Waals surface area contributed by atoms with Crippen LogP contribution in [0.25, 0.3) is 0 Å². The summed E-state index contributed by atoms with van der Waals surface area (Å²) in [4.78, 5) is 37.7. The molecule has 0 fully saturated rings. The molecule has 3 atom stereocenters. The third kappa shape index (κ3) is 57.9. The number of esters is 1. The van der Waals surface area contributed by atoms with Crippen molar-refractivity contribution >= 4 is 19.7 Å². The van der Waals surface area contributed by atoms with Crippen molar-refractivity contribution in [3.63, 3.8) is 0 Å². The van der Waals surface area contributed by atoms with E-state index in [4.69, 9.17) is 13.8 Å². The van der Waals surface area contributed by atoms with Crippen molar-refractivity contribution in [3.8, 4) is 0 Å². The normalized spacial score (nSPS) is 14.2. The average molecular weight is 1110 g/mol. The van der Waals surface area contributed by atoms with E-state index in [-0.39, 0.29) is 31.5 Å². The summed E-state index contributed by atoms with van der Waals surface area (Å²) in [5, 5.41) is 3.05. The van der Waals surface area contributed by atoms with Crippen LogP contribution in [0.2, 0.25) is 0 Å². The van der Waals surface area contributed by atoms with Crippen LogP contribution in [-0.4, -0.2) is 74.3 Å². The molecule has 0 radical (unpaired) electrons. The Morgan fingerprint density at radius 1 is 0.462 bits per heavy atom. The number of hydrogen-bond acceptors (Lipinski definition) is 6. The number of phosphoric ester groups is 1. The Kier molecular flexibility index (Phi) is 55.4. The van der Waals surface area contributed by atoms with Gasteiger partial charge in [0.05, 0.1) is 33.8 Å². The fraction of sp³-hybridized carbons (Fsp3) is 0.765. The zero-order valence-electron chi connectivity index (χ0n) is 51.6. The van der Waals surface area contributed by atoms with E-state index >= 15 is 0 Å². The van der Waals surface area contributed by atoms with Crippen LogP contribution in [0.3, 0.4) is 0 Å². The number of phosphoric acid groups is 1. The zero-order chi connectivity index (χ0) is 57.2. The van der Waals surface area contributed by atoms with E-state index in [1.165, 1.54) is 135 Å². The molecule has 2 N–H and O–H groups in total. The number of allylic oxidation sites excluding steroid dienone is 13. The number of quaternary nitrogens is 1. The lowest BCUT2D eigenvalue weighted by Gasteiger charge is -2.27. The number of nitrogens with one attached hydrogen (secondary N) is 1. The van der Waals surface area contributed by atoms with E-state index < -0.39 is 20.0 Å². The first-order valence-corrected chi connectivity index (χ1v) is 33.9. The molecule has 0 saturated heterocycles.